The summed E-state index contributed by atoms with van der Waals surface area (Å²) in [6.07, 6.45) is 9.08. The molecule has 0 amide bonds. The summed E-state index contributed by atoms with van der Waals surface area (Å²) in [6, 6.07) is 36.8. The molecule has 0 saturated carbocycles. The van der Waals surface area contributed by atoms with Crippen LogP contribution in [0, 0.1) is 64.7 Å². The number of allylic oxidation sites excluding steroid dienone is 5. The van der Waals surface area contributed by atoms with Gasteiger partial charge in [-0.2, -0.15) is 0 Å². The van der Waals surface area contributed by atoms with Gasteiger partial charge in [-0.05, 0) is 19.1 Å². The number of hydrogen-bond donors (Lipinski definition) is 1. The maximum atomic E-state index is 11.7. The molecule has 0 unspecified atom stereocenters. The molecule has 2 aliphatic carbocycles. The van der Waals surface area contributed by atoms with Gasteiger partial charge in [-0.15, -0.1) is 12.2 Å². The molecule has 5 aromatic rings. The van der Waals surface area contributed by atoms with E-state index in [0.717, 1.165) is 30.4 Å². The van der Waals surface area contributed by atoms with Crippen LogP contribution in [-0.2, 0) is 21.0 Å². The first-order valence-electron chi connectivity index (χ1n) is 19.4. The van der Waals surface area contributed by atoms with Crippen molar-refractivity contribution in [1.82, 2.24) is 0 Å². The summed E-state index contributed by atoms with van der Waals surface area (Å²) in [5.41, 5.74) is 17.9. The van der Waals surface area contributed by atoms with Crippen LogP contribution >= 0.6 is 0 Å². The maximum absolute atomic E-state index is 11.7. The monoisotopic (exact) mass is 888 g/mol. The predicted molar refractivity (Wildman–Crippen MR) is 236 cm³/mol. The summed E-state index contributed by atoms with van der Waals surface area (Å²) in [5.74, 6) is -0.646. The number of nitrogens with one attached hydrogen (secondary N) is 1. The Labute approximate surface area is 360 Å². The molecule has 59 heavy (non-hydrogen) atoms. The number of nitro groups is 1. The van der Waals surface area contributed by atoms with E-state index < -0.39 is 16.4 Å². The molecule has 8 rings (SSSR count). The van der Waals surface area contributed by atoms with Crippen LogP contribution in [0.3, 0.4) is 0 Å². The number of carbonyl (C=O) groups excluding carboxylic acids is 1. The molecule has 0 radical (unpaired) electrons. The summed E-state index contributed by atoms with van der Waals surface area (Å²) >= 11 is -0.233. The molecule has 1 saturated heterocycles. The number of hydrogen-bond acceptors (Lipinski definition) is 6. The second-order valence-corrected chi connectivity index (χ2v) is 17.1. The van der Waals surface area contributed by atoms with Gasteiger partial charge in [0, 0.05) is 10.6 Å². The van der Waals surface area contributed by atoms with E-state index in [9.17, 15) is 14.9 Å². The summed E-state index contributed by atoms with van der Waals surface area (Å²) in [6.45, 7) is 17.5. The first-order valence-corrected chi connectivity index (χ1v) is 21.1. The number of anilines is 3. The van der Waals surface area contributed by atoms with Crippen LogP contribution in [0.1, 0.15) is 55.6 Å². The average Bonchev–Trinajstić information content (AvgIpc) is 3.76. The Hall–Kier alpha value is -5.82. The number of nitrogens with zero attached hydrogens (tertiary/aromatic N) is 3. The van der Waals surface area contributed by atoms with Crippen LogP contribution in [0.15, 0.2) is 139 Å². The van der Waals surface area contributed by atoms with Gasteiger partial charge >= 0.3 is 241 Å². The van der Waals surface area contributed by atoms with Gasteiger partial charge in [-0.1, -0.05) is 35.5 Å². The van der Waals surface area contributed by atoms with E-state index in [1.165, 1.54) is 87.8 Å². The van der Waals surface area contributed by atoms with E-state index in [0.29, 0.717) is 0 Å². The van der Waals surface area contributed by atoms with E-state index in [4.69, 9.17) is 0 Å². The van der Waals surface area contributed by atoms with E-state index >= 15 is 0 Å². The van der Waals surface area contributed by atoms with E-state index in [2.05, 4.69) is 148 Å². The van der Waals surface area contributed by atoms with Crippen LogP contribution < -0.4 is 27.5 Å². The number of halogens is 1. The van der Waals surface area contributed by atoms with Crippen LogP contribution in [-0.4, -0.2) is 32.3 Å². The molecule has 3 aliphatic rings. The fourth-order valence-corrected chi connectivity index (χ4v) is 10.6. The Morgan fingerprint density at radius 3 is 1.78 bits per heavy atom. The minimum absolute atomic E-state index is 0. The normalized spacial score (nSPS) is 15.0. The quantitative estimate of drug-likeness (QED) is 0.0646. The predicted octanol–water partition coefficient (Wildman–Crippen LogP) is 7.10. The third kappa shape index (κ3) is 9.25. The van der Waals surface area contributed by atoms with Gasteiger partial charge in [0.2, 0.25) is 5.70 Å². The molecule has 0 atom stereocenters. The zero-order valence-electron chi connectivity index (χ0n) is 34.3. The zero-order chi connectivity index (χ0) is 41.1. The molecule has 302 valence electrons. The van der Waals surface area contributed by atoms with Crippen molar-refractivity contribution < 1.29 is 38.3 Å². The minimum Gasteiger partial charge on any atom is -1.00 e. The maximum Gasteiger partial charge on any atom is 0.237 e. The van der Waals surface area contributed by atoms with E-state index in [1.807, 2.05) is 31.2 Å². The molecule has 5 aromatic carbocycles. The molecular weight excluding hydrogens is 841 g/mol. The first kappa shape index (κ1) is 42.8. The largest absolute Gasteiger partial charge is 1.00 e. The molecule has 1 fully saturated rings. The van der Waals surface area contributed by atoms with Gasteiger partial charge in [0.1, 0.15) is 0 Å². The Bertz CT molecular complexity index is 2540. The standard InChI is InChI=1S/C21H26N2.C15H10.C14H11N2O3.ClH.Ru/c1-14-9-16(3)20(17(4)10-14)22-7-8-23(13-22)21-18(5)11-15(2)12-19(21)6;1-2-6-12(7-3-1)15-11-10-13-8-4-5-9-14(13)15;1-10-5-7-12(8-6-10)15-9-11-3-2-4-13(14(11)17)16(18)19;;/h9-12H,7-8H2,1-6H3;1-9,11H;2,4-9,15H,1H3;1H;/q;;-1;;/p-1. The molecule has 9 heteroatoms. The SMILES string of the molecule is Cc1cc(C)c(N2CCN(c3c(C)cc(C)cc3C)[C]2=[Ru]=[C]2C=C(c3ccccc3)c3ccccc32)c(C)c1.Cc1ccc(NC=C2[C-]=CC=C([N+](=O)[O-])C2=O)cc1.[Cl-]. The number of Topliss-reactive ketones (excluding diaryl/α,β-unsaturated/α-hetero) is 1. The van der Waals surface area contributed by atoms with E-state index in [-0.39, 0.29) is 34.2 Å². The molecule has 1 heterocycles. The third-order valence-electron chi connectivity index (χ3n) is 10.4. The Morgan fingerprint density at radius 1 is 0.712 bits per heavy atom. The fraction of sp³-hybridized carbons (Fsp3) is 0.180. The van der Waals surface area contributed by atoms with Crippen LogP contribution in [0.25, 0.3) is 5.57 Å². The number of carbonyl (C=O) groups is 1. The summed E-state index contributed by atoms with van der Waals surface area (Å²) in [4.78, 5) is 27.0. The number of aryl methyl sites for hydroxylation is 7. The number of fused-ring (bicyclic) bond motifs is 1. The van der Waals surface area contributed by atoms with Crippen molar-refractivity contribution in [3.8, 4) is 0 Å². The van der Waals surface area contributed by atoms with Gasteiger partial charge in [-0.3, -0.25) is 10.1 Å². The molecule has 1 N–H and O–H groups in total. The zero-order valence-corrected chi connectivity index (χ0v) is 36.8. The molecule has 1 aliphatic heterocycles. The van der Waals surface area contributed by atoms with Gasteiger partial charge in [0.25, 0.3) is 0 Å². The molecule has 0 spiro atoms. The van der Waals surface area contributed by atoms with Crippen molar-refractivity contribution in [3.05, 3.63) is 211 Å². The Kier molecular flexibility index (Phi) is 13.3. The summed E-state index contributed by atoms with van der Waals surface area (Å²) in [5, 5.41) is 13.6. The summed E-state index contributed by atoms with van der Waals surface area (Å²) in [7, 11) is 0. The Balaban J connectivity index is 0.000000247. The number of rotatable bonds is 6. The molecule has 7 nitrogen and oxygen atoms in total. The first-order chi connectivity index (χ1) is 27.9. The van der Waals surface area contributed by atoms with Crippen molar-refractivity contribution >= 4 is 36.9 Å². The molecular formula is C50H47ClN4O3Ru-2. The fourth-order valence-electron chi connectivity index (χ4n) is 7.98. The third-order valence-corrected chi connectivity index (χ3v) is 12.9. The van der Waals surface area contributed by atoms with Crippen molar-refractivity contribution in [2.24, 2.45) is 0 Å². The van der Waals surface area contributed by atoms with Crippen LogP contribution in [0.4, 0.5) is 17.1 Å². The Morgan fingerprint density at radius 2 is 1.24 bits per heavy atom. The second kappa shape index (κ2) is 18.4. The van der Waals surface area contributed by atoms with Crippen molar-refractivity contribution in [1.29, 1.82) is 0 Å². The van der Waals surface area contributed by atoms with E-state index in [1.54, 1.807) is 0 Å². The van der Waals surface area contributed by atoms with Gasteiger partial charge < -0.3 is 22.5 Å². The van der Waals surface area contributed by atoms with Crippen molar-refractivity contribution in [2.75, 3.05) is 28.2 Å². The average molecular weight is 888 g/mol. The van der Waals surface area contributed by atoms with Crippen LogP contribution in [0.5, 0.6) is 0 Å². The van der Waals surface area contributed by atoms with Crippen molar-refractivity contribution in [3.63, 3.8) is 0 Å². The van der Waals surface area contributed by atoms with Gasteiger partial charge in [-0.25, -0.2) is 0 Å². The van der Waals surface area contributed by atoms with Gasteiger partial charge in [0.05, 0.1) is 0 Å². The molecule has 0 bridgehead atoms. The second-order valence-electron chi connectivity index (χ2n) is 15.0. The summed E-state index contributed by atoms with van der Waals surface area (Å²) < 4.78 is 2.94. The van der Waals surface area contributed by atoms with Crippen LogP contribution in [0.2, 0.25) is 0 Å². The van der Waals surface area contributed by atoms with Gasteiger partial charge in [0.15, 0.2) is 5.78 Å². The molecule has 0 aromatic heterocycles. The minimum atomic E-state index is -0.695. The van der Waals surface area contributed by atoms with Crippen molar-refractivity contribution in [2.45, 2.75) is 48.5 Å². The topological polar surface area (TPSA) is 78.7 Å². The number of benzene rings is 5. The number of ketones is 1. The smallest absolute Gasteiger partial charge is 0.237 e.